The van der Waals surface area contributed by atoms with Crippen LogP contribution in [0.3, 0.4) is 0 Å². The summed E-state index contributed by atoms with van der Waals surface area (Å²) in [4.78, 5) is 25.1. The Hall–Kier alpha value is -1.10. The molecule has 0 spiro atoms. The Labute approximate surface area is 102 Å². The summed E-state index contributed by atoms with van der Waals surface area (Å²) in [6, 6.07) is -0.0148. The molecule has 0 aromatic rings. The zero-order valence-corrected chi connectivity index (χ0v) is 10.3. The molecule has 1 aliphatic heterocycles. The number of nitrogens with two attached hydrogens (primary N) is 1. The predicted octanol–water partition coefficient (Wildman–Crippen LogP) is -0.292. The number of carbonyl (C=O) groups is 2. The number of nitrogens with one attached hydrogen (secondary N) is 1. The van der Waals surface area contributed by atoms with Crippen LogP contribution in [-0.2, 0) is 9.59 Å². The second-order valence-electron chi connectivity index (χ2n) is 5.22. The van der Waals surface area contributed by atoms with E-state index in [4.69, 9.17) is 5.73 Å². The summed E-state index contributed by atoms with van der Waals surface area (Å²) < 4.78 is 0. The maximum Gasteiger partial charge on any atom is 0.224 e. The molecule has 5 nitrogen and oxygen atoms in total. The Morgan fingerprint density at radius 1 is 1.53 bits per heavy atom. The number of likely N-dealkylation sites (tertiary alicyclic amines) is 1. The van der Waals surface area contributed by atoms with Gasteiger partial charge in [-0.15, -0.1) is 0 Å². The van der Waals surface area contributed by atoms with Gasteiger partial charge < -0.3 is 16.0 Å². The van der Waals surface area contributed by atoms with Crippen LogP contribution in [0.2, 0.25) is 0 Å². The van der Waals surface area contributed by atoms with Crippen LogP contribution in [-0.4, -0.2) is 42.9 Å². The van der Waals surface area contributed by atoms with E-state index in [1.54, 1.807) is 11.9 Å². The topological polar surface area (TPSA) is 75.4 Å². The zero-order valence-electron chi connectivity index (χ0n) is 10.3. The highest BCUT2D eigenvalue weighted by Crippen LogP contribution is 2.31. The highest BCUT2D eigenvalue weighted by Gasteiger charge is 2.35. The molecule has 1 aliphatic carbocycles. The largest absolute Gasteiger partial charge is 0.351 e. The van der Waals surface area contributed by atoms with E-state index in [0.717, 1.165) is 19.3 Å². The minimum Gasteiger partial charge on any atom is -0.351 e. The molecule has 17 heavy (non-hydrogen) atoms. The van der Waals surface area contributed by atoms with E-state index >= 15 is 0 Å². The van der Waals surface area contributed by atoms with E-state index in [9.17, 15) is 9.59 Å². The van der Waals surface area contributed by atoms with E-state index in [0.29, 0.717) is 25.4 Å². The quantitative estimate of drug-likeness (QED) is 0.710. The fourth-order valence-electron chi connectivity index (χ4n) is 2.93. The summed E-state index contributed by atoms with van der Waals surface area (Å²) in [6.45, 7) is 1.21. The molecule has 2 fully saturated rings. The third-order valence-corrected chi connectivity index (χ3v) is 3.99. The van der Waals surface area contributed by atoms with Crippen LogP contribution in [0.15, 0.2) is 0 Å². The van der Waals surface area contributed by atoms with Gasteiger partial charge in [0.2, 0.25) is 11.8 Å². The van der Waals surface area contributed by atoms with Crippen LogP contribution in [0, 0.1) is 11.8 Å². The van der Waals surface area contributed by atoms with Crippen LogP contribution in [0.25, 0.3) is 0 Å². The lowest BCUT2D eigenvalue weighted by Crippen LogP contribution is -2.42. The Morgan fingerprint density at radius 2 is 2.29 bits per heavy atom. The van der Waals surface area contributed by atoms with Gasteiger partial charge in [-0.2, -0.15) is 0 Å². The van der Waals surface area contributed by atoms with Crippen LogP contribution in [0.1, 0.15) is 25.7 Å². The van der Waals surface area contributed by atoms with Crippen molar-refractivity contribution >= 4 is 11.8 Å². The highest BCUT2D eigenvalue weighted by atomic mass is 16.2. The first kappa shape index (κ1) is 12.4. The van der Waals surface area contributed by atoms with Crippen molar-refractivity contribution in [2.24, 2.45) is 17.6 Å². The number of nitrogens with zero attached hydrogens (tertiary/aromatic N) is 1. The molecule has 1 saturated carbocycles. The molecule has 0 aromatic carbocycles. The molecule has 2 amide bonds. The van der Waals surface area contributed by atoms with Crippen molar-refractivity contribution in [1.82, 2.24) is 10.2 Å². The lowest BCUT2D eigenvalue weighted by Gasteiger charge is -2.20. The van der Waals surface area contributed by atoms with Crippen molar-refractivity contribution in [3.05, 3.63) is 0 Å². The van der Waals surface area contributed by atoms with Crippen molar-refractivity contribution in [2.45, 2.75) is 31.7 Å². The Bertz CT molecular complexity index is 319. The number of rotatable bonds is 3. The van der Waals surface area contributed by atoms with Gasteiger partial charge in [0.1, 0.15) is 0 Å². The van der Waals surface area contributed by atoms with E-state index < -0.39 is 0 Å². The molecule has 96 valence electrons. The van der Waals surface area contributed by atoms with Gasteiger partial charge in [0.15, 0.2) is 0 Å². The normalized spacial score (nSPS) is 33.2. The lowest BCUT2D eigenvalue weighted by atomic mass is 9.95. The van der Waals surface area contributed by atoms with Crippen LogP contribution in [0.4, 0.5) is 0 Å². The van der Waals surface area contributed by atoms with Crippen molar-refractivity contribution < 1.29 is 9.59 Å². The SMILES string of the molecule is CN1CC(NC(=O)[C@@H]2CCC[C@@H]2CN)CC1=O. The second kappa shape index (κ2) is 5.04. The molecule has 1 saturated heterocycles. The minimum atomic E-state index is -0.0148. The predicted molar refractivity (Wildman–Crippen MR) is 64.1 cm³/mol. The van der Waals surface area contributed by atoms with Crippen molar-refractivity contribution in [2.75, 3.05) is 20.1 Å². The van der Waals surface area contributed by atoms with Gasteiger partial charge in [0.25, 0.3) is 0 Å². The smallest absolute Gasteiger partial charge is 0.224 e. The van der Waals surface area contributed by atoms with Crippen LogP contribution in [0.5, 0.6) is 0 Å². The molecule has 3 N–H and O–H groups in total. The number of hydrogen-bond donors (Lipinski definition) is 2. The average molecular weight is 239 g/mol. The average Bonchev–Trinajstić information content (AvgIpc) is 2.86. The van der Waals surface area contributed by atoms with E-state index in [1.165, 1.54) is 0 Å². The standard InChI is InChI=1S/C12H21N3O2/c1-15-7-9(5-11(15)16)14-12(17)10-4-2-3-8(10)6-13/h8-10H,2-7,13H2,1H3,(H,14,17)/t8-,9?,10-/m1/s1. The number of carbonyl (C=O) groups excluding carboxylic acids is 2. The van der Waals surface area contributed by atoms with Crippen LogP contribution < -0.4 is 11.1 Å². The minimum absolute atomic E-state index is 0.0148. The molecule has 2 rings (SSSR count). The molecular formula is C12H21N3O2. The number of likely N-dealkylation sites (N-methyl/N-ethyl adjacent to an activating group) is 1. The first-order valence-corrected chi connectivity index (χ1v) is 6.36. The molecule has 3 atom stereocenters. The van der Waals surface area contributed by atoms with Gasteiger partial charge in [-0.3, -0.25) is 9.59 Å². The molecule has 1 unspecified atom stereocenters. The fraction of sp³-hybridized carbons (Fsp3) is 0.833. The third kappa shape index (κ3) is 2.60. The van der Waals surface area contributed by atoms with Crippen LogP contribution >= 0.6 is 0 Å². The zero-order chi connectivity index (χ0) is 12.4. The Morgan fingerprint density at radius 3 is 2.88 bits per heavy atom. The fourth-order valence-corrected chi connectivity index (χ4v) is 2.93. The van der Waals surface area contributed by atoms with Crippen molar-refractivity contribution in [3.8, 4) is 0 Å². The third-order valence-electron chi connectivity index (χ3n) is 3.99. The van der Waals surface area contributed by atoms with Gasteiger partial charge in [0.05, 0.1) is 6.04 Å². The number of amides is 2. The summed E-state index contributed by atoms with van der Waals surface area (Å²) >= 11 is 0. The van der Waals surface area contributed by atoms with E-state index in [2.05, 4.69) is 5.32 Å². The summed E-state index contributed by atoms with van der Waals surface area (Å²) in [6.07, 6.45) is 3.51. The Balaban J connectivity index is 1.87. The molecule has 0 bridgehead atoms. The van der Waals surface area contributed by atoms with Crippen molar-refractivity contribution in [3.63, 3.8) is 0 Å². The van der Waals surface area contributed by atoms with Gasteiger partial charge in [-0.1, -0.05) is 6.42 Å². The number of hydrogen-bond acceptors (Lipinski definition) is 3. The maximum atomic E-state index is 12.1. The second-order valence-corrected chi connectivity index (χ2v) is 5.22. The van der Waals surface area contributed by atoms with Crippen molar-refractivity contribution in [1.29, 1.82) is 0 Å². The summed E-state index contributed by atoms with van der Waals surface area (Å²) in [5, 5.41) is 2.99. The molecule has 1 heterocycles. The molecule has 2 aliphatic rings. The highest BCUT2D eigenvalue weighted by molar-refractivity contribution is 5.83. The molecule has 0 aromatic heterocycles. The first-order valence-electron chi connectivity index (χ1n) is 6.36. The van der Waals surface area contributed by atoms with Gasteiger partial charge in [-0.05, 0) is 25.3 Å². The molecule has 5 heteroatoms. The summed E-state index contributed by atoms with van der Waals surface area (Å²) in [5.41, 5.74) is 5.67. The first-order chi connectivity index (χ1) is 8.11. The lowest BCUT2D eigenvalue weighted by molar-refractivity contribution is -0.126. The molecular weight excluding hydrogens is 218 g/mol. The van der Waals surface area contributed by atoms with Gasteiger partial charge >= 0.3 is 0 Å². The summed E-state index contributed by atoms with van der Waals surface area (Å²) in [7, 11) is 1.77. The van der Waals surface area contributed by atoms with E-state index in [-0.39, 0.29) is 23.8 Å². The van der Waals surface area contributed by atoms with Gasteiger partial charge in [0, 0.05) is 25.9 Å². The van der Waals surface area contributed by atoms with Gasteiger partial charge in [-0.25, -0.2) is 0 Å². The monoisotopic (exact) mass is 239 g/mol. The Kier molecular flexibility index (Phi) is 3.66. The maximum absolute atomic E-state index is 12.1. The van der Waals surface area contributed by atoms with E-state index in [1.807, 2.05) is 0 Å². The summed E-state index contributed by atoms with van der Waals surface area (Å²) in [5.74, 6) is 0.578. The molecule has 0 radical (unpaired) electrons.